The average molecular weight is 1140 g/mol. The lowest BCUT2D eigenvalue weighted by atomic mass is 10.1. The molecule has 0 heterocycles. The Hall–Kier alpha value is -8.13. The molecule has 6 aromatic rings. The van der Waals surface area contributed by atoms with E-state index >= 15 is 0 Å². The van der Waals surface area contributed by atoms with Crippen molar-refractivity contribution in [2.24, 2.45) is 46.6 Å². The Kier molecular flexibility index (Phi) is 16.9. The number of aromatic carboxylic acids is 1. The minimum Gasteiger partial charge on any atom is -0.505 e. The zero-order chi connectivity index (χ0) is 55.1. The second-order valence-corrected chi connectivity index (χ2v) is 22.5. The number of primary amides is 1. The highest BCUT2D eigenvalue weighted by Gasteiger charge is 2.24. The van der Waals surface area contributed by atoms with Gasteiger partial charge in [0.1, 0.15) is 17.1 Å². The maximum Gasteiger partial charge on any atom is 0.397 e. The first-order chi connectivity index (χ1) is 35.0. The van der Waals surface area contributed by atoms with E-state index in [9.17, 15) is 71.6 Å². The number of phenolic OH excluding ortho intramolecular Hbond substituents is 2. The summed E-state index contributed by atoms with van der Waals surface area (Å²) in [4.78, 5) is 23.1. The van der Waals surface area contributed by atoms with E-state index in [4.69, 9.17) is 14.8 Å². The largest absolute Gasteiger partial charge is 0.505 e. The van der Waals surface area contributed by atoms with Gasteiger partial charge in [-0.25, -0.2) is 34.8 Å². The Morgan fingerprint density at radius 1 is 0.507 bits per heavy atom. The van der Waals surface area contributed by atoms with Crippen LogP contribution >= 0.6 is 0 Å². The van der Waals surface area contributed by atoms with E-state index in [0.29, 0.717) is 6.07 Å². The number of carbonyl (C=O) groups excluding carboxylic acids is 1. The number of nitrogens with zero attached hydrogens (tertiary/aromatic N) is 8. The molecule has 6 rings (SSSR count). The lowest BCUT2D eigenvalue weighted by molar-refractivity contribution is 0.0696. The van der Waals surface area contributed by atoms with Gasteiger partial charge in [-0.1, -0.05) is 6.07 Å². The van der Waals surface area contributed by atoms with E-state index in [1.165, 1.54) is 60.7 Å². The Morgan fingerprint density at radius 2 is 0.947 bits per heavy atom. The standard InChI is InChI=1S/C40H34N10O20S5/c41-40(55)42-34-19-24(5-12-33(34)48-44-23-3-8-26(9-4-23)72(58,59)18-16-70-75(66,67)68)45-50-37-35(51)21-30(39(53)54)36(38(37)52)49-47-31-13-14-32(29-20-27(73(60,61)62)10-11-28(29)31)46-43-22-1-6-25(7-2-22)71(56,57)17-15-69-74(63,64)65/h1-14,19-21,51-52H,15-18H2,(H,53,54)(H3,41,42,55)(H,60,61,62)(H,63,64,65)(H,66,67,68). The summed E-state index contributed by atoms with van der Waals surface area (Å²) in [5, 5.41) is 66.3. The van der Waals surface area contributed by atoms with Gasteiger partial charge in [0.25, 0.3) is 10.1 Å². The predicted molar refractivity (Wildman–Crippen MR) is 259 cm³/mol. The number of benzene rings is 6. The number of carbonyl (C=O) groups is 2. The number of azo groups is 4. The van der Waals surface area contributed by atoms with Crippen LogP contribution in [0.1, 0.15) is 10.4 Å². The van der Waals surface area contributed by atoms with E-state index < -0.39 is 121 Å². The lowest BCUT2D eigenvalue weighted by Crippen LogP contribution is -2.19. The van der Waals surface area contributed by atoms with Crippen LogP contribution in [0.2, 0.25) is 0 Å². The van der Waals surface area contributed by atoms with Gasteiger partial charge in [0.15, 0.2) is 31.1 Å². The van der Waals surface area contributed by atoms with Crippen molar-refractivity contribution in [2.75, 3.05) is 30.0 Å². The first-order valence-corrected chi connectivity index (χ1v) is 27.6. The summed E-state index contributed by atoms with van der Waals surface area (Å²) in [5.41, 5.74) is 2.84. The third-order valence-corrected chi connectivity index (χ3v) is 14.7. The summed E-state index contributed by atoms with van der Waals surface area (Å²) in [5.74, 6) is -5.26. The van der Waals surface area contributed by atoms with Crippen molar-refractivity contribution in [1.29, 1.82) is 0 Å². The fourth-order valence-corrected chi connectivity index (χ4v) is 9.63. The normalized spacial score (nSPS) is 12.9. The van der Waals surface area contributed by atoms with E-state index in [1.54, 1.807) is 0 Å². The molecular weight excluding hydrogens is 1100 g/mol. The number of anilines is 1. The first kappa shape index (κ1) is 56.2. The number of hydrogen-bond acceptors (Lipinski definition) is 24. The molecule has 0 spiro atoms. The van der Waals surface area contributed by atoms with Gasteiger partial charge in [-0.05, 0) is 97.1 Å². The number of phenols is 2. The number of hydrogen-bond donors (Lipinski definition) is 8. The molecule has 0 bridgehead atoms. The average Bonchev–Trinajstić information content (AvgIpc) is 3.31. The molecule has 394 valence electrons. The van der Waals surface area contributed by atoms with Crippen molar-refractivity contribution in [3.05, 3.63) is 109 Å². The van der Waals surface area contributed by atoms with Crippen molar-refractivity contribution in [2.45, 2.75) is 14.7 Å². The van der Waals surface area contributed by atoms with Crippen LogP contribution in [0.25, 0.3) is 10.8 Å². The molecule has 0 aromatic heterocycles. The van der Waals surface area contributed by atoms with Gasteiger partial charge in [0, 0.05) is 10.8 Å². The number of rotatable bonds is 21. The summed E-state index contributed by atoms with van der Waals surface area (Å²) in [6.45, 7) is -1.72. The fourth-order valence-electron chi connectivity index (χ4n) is 6.14. The maximum atomic E-state index is 12.6. The van der Waals surface area contributed by atoms with E-state index in [2.05, 4.69) is 54.6 Å². The van der Waals surface area contributed by atoms with Crippen LogP contribution in [-0.2, 0) is 59.0 Å². The summed E-state index contributed by atoms with van der Waals surface area (Å²) in [6, 6.07) is 18.5. The molecule has 0 aliphatic carbocycles. The SMILES string of the molecule is NC(=O)Nc1cc(N=Nc2c(O)cc(C(=O)O)c(N=Nc3ccc(N=Nc4ccc(S(=O)(=O)CCOS(=O)(=O)O)cc4)c4cc(S(=O)(=O)O)ccc34)c2O)ccc1N=Nc1ccc(S(=O)(=O)CCOS(=O)(=O)O)cc1. The molecule has 30 nitrogen and oxygen atoms in total. The predicted octanol–water partition coefficient (Wildman–Crippen LogP) is 7.53. The minimum atomic E-state index is -4.88. The van der Waals surface area contributed by atoms with Gasteiger partial charge >= 0.3 is 32.8 Å². The molecule has 6 aromatic carbocycles. The zero-order valence-electron chi connectivity index (χ0n) is 37.2. The molecule has 35 heteroatoms. The zero-order valence-corrected chi connectivity index (χ0v) is 41.3. The monoisotopic (exact) mass is 1130 g/mol. The first-order valence-electron chi connectivity index (χ1n) is 20.1. The Bertz CT molecular complexity index is 3950. The molecule has 0 fully saturated rings. The minimum absolute atomic E-state index is 0.0301. The van der Waals surface area contributed by atoms with Crippen LogP contribution in [0.5, 0.6) is 11.5 Å². The van der Waals surface area contributed by atoms with E-state index in [-0.39, 0.29) is 60.4 Å². The van der Waals surface area contributed by atoms with Crippen molar-refractivity contribution in [1.82, 2.24) is 0 Å². The summed E-state index contributed by atoms with van der Waals surface area (Å²) < 4.78 is 153. The number of urea groups is 1. The van der Waals surface area contributed by atoms with Crippen LogP contribution in [0.3, 0.4) is 0 Å². The number of carboxylic acid groups (broad SMARTS) is 1. The number of fused-ring (bicyclic) bond motifs is 1. The lowest BCUT2D eigenvalue weighted by Gasteiger charge is -2.09. The number of nitrogens with one attached hydrogen (secondary N) is 1. The second kappa shape index (κ2) is 22.6. The van der Waals surface area contributed by atoms with Crippen LogP contribution in [0, 0.1) is 0 Å². The topological polar surface area (TPSA) is 482 Å². The van der Waals surface area contributed by atoms with E-state index in [1.807, 2.05) is 0 Å². The third kappa shape index (κ3) is 15.2. The van der Waals surface area contributed by atoms with Crippen LogP contribution in [0.4, 0.5) is 56.0 Å². The number of carboxylic acids is 1. The molecule has 2 amide bonds. The molecule has 75 heavy (non-hydrogen) atoms. The molecule has 0 saturated heterocycles. The molecular formula is C40H34N10O20S5. The van der Waals surface area contributed by atoms with Gasteiger partial charge < -0.3 is 26.4 Å². The maximum absolute atomic E-state index is 12.6. The number of amides is 2. The second-order valence-electron chi connectivity index (χ2n) is 14.7. The molecule has 0 saturated carbocycles. The van der Waals surface area contributed by atoms with Crippen LogP contribution < -0.4 is 11.1 Å². The highest BCUT2D eigenvalue weighted by atomic mass is 32.3. The molecule has 0 aliphatic heterocycles. The highest BCUT2D eigenvalue weighted by molar-refractivity contribution is 7.91. The molecule has 0 radical (unpaired) electrons. The van der Waals surface area contributed by atoms with Crippen molar-refractivity contribution in [3.8, 4) is 11.5 Å². The van der Waals surface area contributed by atoms with Gasteiger partial charge in [-0.3, -0.25) is 13.7 Å². The molecule has 9 N–H and O–H groups in total. The summed E-state index contributed by atoms with van der Waals surface area (Å²) in [6.07, 6.45) is 0. The van der Waals surface area contributed by atoms with Gasteiger partial charge in [0.05, 0.1) is 79.1 Å². The molecule has 0 unspecified atom stereocenters. The van der Waals surface area contributed by atoms with Crippen molar-refractivity contribution >= 4 is 125 Å². The Morgan fingerprint density at radius 3 is 1.44 bits per heavy atom. The summed E-state index contributed by atoms with van der Waals surface area (Å²) in [7, 11) is -22.7. The number of aromatic hydroxyl groups is 2. The number of nitrogens with two attached hydrogens (primary N) is 1. The van der Waals surface area contributed by atoms with Gasteiger partial charge in [0.2, 0.25) is 0 Å². The molecule has 0 aliphatic rings. The van der Waals surface area contributed by atoms with Crippen LogP contribution in [0.15, 0.2) is 159 Å². The summed E-state index contributed by atoms with van der Waals surface area (Å²) >= 11 is 0. The highest BCUT2D eigenvalue weighted by Crippen LogP contribution is 2.47. The van der Waals surface area contributed by atoms with Crippen LogP contribution in [-0.4, -0.2) is 108 Å². The van der Waals surface area contributed by atoms with Gasteiger partial charge in [-0.15, -0.1) is 25.6 Å². The third-order valence-electron chi connectivity index (χ3n) is 9.57. The quantitative estimate of drug-likeness (QED) is 0.0255. The van der Waals surface area contributed by atoms with Crippen molar-refractivity contribution < 1.29 is 89.0 Å². The van der Waals surface area contributed by atoms with Crippen molar-refractivity contribution in [3.63, 3.8) is 0 Å². The molecule has 0 atom stereocenters. The van der Waals surface area contributed by atoms with Gasteiger partial charge in [-0.2, -0.15) is 40.6 Å². The van der Waals surface area contributed by atoms with E-state index in [0.717, 1.165) is 36.4 Å². The Balaban J connectivity index is 1.28. The fraction of sp³-hybridized carbons (Fsp3) is 0.100. The number of sulfone groups is 2. The smallest absolute Gasteiger partial charge is 0.397 e. The Labute approximate surface area is 423 Å².